The first-order valence-electron chi connectivity index (χ1n) is 12.8. The number of ketones is 1. The number of Topliss-reactive ketones (excluding diaryl/α,β-unsaturated/α-hetero) is 1. The molecule has 0 spiro atoms. The Morgan fingerprint density at radius 2 is 1.98 bits per heavy atom. The fourth-order valence-corrected chi connectivity index (χ4v) is 7.66. The van der Waals surface area contributed by atoms with Gasteiger partial charge in [0.1, 0.15) is 22.1 Å². The highest BCUT2D eigenvalue weighted by Crippen LogP contribution is 2.42. The van der Waals surface area contributed by atoms with Crippen molar-refractivity contribution in [2.24, 2.45) is 5.73 Å². The Balaban J connectivity index is 1.52. The third kappa shape index (κ3) is 7.00. The molecular weight excluding hydrogens is 607 g/mol. The lowest BCUT2D eigenvalue weighted by Crippen LogP contribution is -2.71. The molecule has 224 valence electrons. The quantitative estimate of drug-likeness (QED) is 0.0995. The number of nitrogens with one attached hydrogen (secondary N) is 1. The van der Waals surface area contributed by atoms with Crippen LogP contribution in [-0.4, -0.2) is 85.5 Å². The molecule has 1 saturated heterocycles. The van der Waals surface area contributed by atoms with Crippen molar-refractivity contribution < 1.29 is 38.6 Å². The van der Waals surface area contributed by atoms with E-state index in [0.29, 0.717) is 21.4 Å². The van der Waals surface area contributed by atoms with E-state index in [9.17, 15) is 29.1 Å². The second-order valence-electron chi connectivity index (χ2n) is 9.26. The van der Waals surface area contributed by atoms with Gasteiger partial charge >= 0.3 is 11.9 Å². The smallest absolute Gasteiger partial charge is 0.358 e. The van der Waals surface area contributed by atoms with Gasteiger partial charge < -0.3 is 25.6 Å². The number of carbonyl (C=O) groups is 5. The molecule has 4 atom stereocenters. The van der Waals surface area contributed by atoms with E-state index < -0.39 is 47.6 Å². The normalized spacial score (nSPS) is 19.4. The number of aromatic nitrogens is 2. The number of amides is 2. The van der Waals surface area contributed by atoms with Crippen LogP contribution in [0.2, 0.25) is 0 Å². The standard InChI is InChI=1S/C26H29N5O8S3/c1-12-29-30-26(42-12)41-11-15-10-40-24-19(23(36)31(24)20(15)25(37)39-14(3)38-13(2)32)28-22(35)21(34)17-7-5-4-6-16(17)18(33)8-9-27/h4-7,14,19,21,24,34H,8-11,27H2,1-3H3,(H,28,35)/t14?,19?,21?,24-/m0/s1. The highest BCUT2D eigenvalue weighted by molar-refractivity contribution is 8.01. The van der Waals surface area contributed by atoms with E-state index in [0.717, 1.165) is 5.01 Å². The molecule has 0 aliphatic carbocycles. The molecule has 2 amide bonds. The van der Waals surface area contributed by atoms with E-state index in [1.807, 2.05) is 6.92 Å². The van der Waals surface area contributed by atoms with E-state index in [1.54, 1.807) is 12.1 Å². The van der Waals surface area contributed by atoms with Crippen molar-refractivity contribution in [3.8, 4) is 0 Å². The number of β-lactam (4-membered cyclic amide) rings is 1. The maximum Gasteiger partial charge on any atom is 0.358 e. The fraction of sp³-hybridized carbons (Fsp3) is 0.423. The minimum atomic E-state index is -1.72. The number of aryl methyl sites for hydroxylation is 1. The molecule has 0 bridgehead atoms. The predicted molar refractivity (Wildman–Crippen MR) is 154 cm³/mol. The van der Waals surface area contributed by atoms with E-state index >= 15 is 0 Å². The second kappa shape index (κ2) is 13.8. The Hall–Kier alpha value is -3.31. The number of aliphatic hydroxyl groups is 1. The van der Waals surface area contributed by atoms with Crippen LogP contribution in [0.1, 0.15) is 47.3 Å². The van der Waals surface area contributed by atoms with Crippen LogP contribution in [0.15, 0.2) is 39.9 Å². The summed E-state index contributed by atoms with van der Waals surface area (Å²) in [5.41, 5.74) is 6.35. The van der Waals surface area contributed by atoms with E-state index in [1.165, 1.54) is 65.7 Å². The van der Waals surface area contributed by atoms with Crippen molar-refractivity contribution in [1.82, 2.24) is 20.4 Å². The van der Waals surface area contributed by atoms with Crippen LogP contribution in [0.5, 0.6) is 0 Å². The number of nitrogens with two attached hydrogens (primary N) is 1. The molecule has 1 aromatic heterocycles. The molecule has 2 aromatic rings. The molecule has 1 aromatic carbocycles. The van der Waals surface area contributed by atoms with Gasteiger partial charge in [-0.05, 0) is 19.0 Å². The number of hydrogen-bond acceptors (Lipinski definition) is 14. The van der Waals surface area contributed by atoms with Crippen molar-refractivity contribution in [1.29, 1.82) is 0 Å². The van der Waals surface area contributed by atoms with Crippen molar-refractivity contribution in [2.45, 2.75) is 55.3 Å². The minimum absolute atomic E-state index is 0.000244. The van der Waals surface area contributed by atoms with Gasteiger partial charge in [-0.1, -0.05) is 47.4 Å². The zero-order chi connectivity index (χ0) is 30.6. The molecule has 16 heteroatoms. The van der Waals surface area contributed by atoms with Crippen LogP contribution in [0.25, 0.3) is 0 Å². The van der Waals surface area contributed by atoms with Gasteiger partial charge in [0.15, 0.2) is 16.2 Å². The number of fused-ring (bicyclic) bond motifs is 1. The summed E-state index contributed by atoms with van der Waals surface area (Å²) < 4.78 is 10.9. The Morgan fingerprint density at radius 3 is 2.64 bits per heavy atom. The number of nitrogens with zero attached hydrogens (tertiary/aromatic N) is 3. The summed E-state index contributed by atoms with van der Waals surface area (Å²) in [6, 6.07) is 5.11. The Labute approximate surface area is 253 Å². The van der Waals surface area contributed by atoms with Gasteiger partial charge in [0.25, 0.3) is 11.8 Å². The monoisotopic (exact) mass is 635 g/mol. The average Bonchev–Trinajstić information content (AvgIpc) is 3.37. The molecule has 0 radical (unpaired) electrons. The Bertz CT molecular complexity index is 1430. The van der Waals surface area contributed by atoms with Gasteiger partial charge in [-0.25, -0.2) is 4.79 Å². The molecule has 4 N–H and O–H groups in total. The summed E-state index contributed by atoms with van der Waals surface area (Å²) >= 11 is 4.07. The SMILES string of the molecule is CC(=O)OC(C)OC(=O)C1=C(CSc2nnc(C)s2)CS[C@H]2C(NC(=O)C(O)c3ccccc3C(=O)CCN)C(=O)N12. The van der Waals surface area contributed by atoms with Crippen molar-refractivity contribution in [3.05, 3.63) is 51.7 Å². The maximum atomic E-state index is 13.3. The molecule has 4 rings (SSSR count). The number of benzene rings is 1. The second-order valence-corrected chi connectivity index (χ2v) is 12.8. The third-order valence-corrected chi connectivity index (χ3v) is 9.59. The Morgan fingerprint density at radius 1 is 1.24 bits per heavy atom. The van der Waals surface area contributed by atoms with Gasteiger partial charge in [-0.15, -0.1) is 22.0 Å². The van der Waals surface area contributed by atoms with Crippen LogP contribution in [-0.2, 0) is 28.7 Å². The van der Waals surface area contributed by atoms with Gasteiger partial charge in [0, 0.05) is 42.9 Å². The summed E-state index contributed by atoms with van der Waals surface area (Å²) in [6.45, 7) is 4.49. The molecule has 42 heavy (non-hydrogen) atoms. The minimum Gasteiger partial charge on any atom is -0.426 e. The molecule has 13 nitrogen and oxygen atoms in total. The molecule has 1 fully saturated rings. The number of hydrogen-bond donors (Lipinski definition) is 3. The summed E-state index contributed by atoms with van der Waals surface area (Å²) in [7, 11) is 0. The van der Waals surface area contributed by atoms with Gasteiger partial charge in [0.05, 0.1) is 0 Å². The zero-order valence-corrected chi connectivity index (χ0v) is 25.3. The largest absolute Gasteiger partial charge is 0.426 e. The van der Waals surface area contributed by atoms with E-state index in [4.69, 9.17) is 15.2 Å². The number of ether oxygens (including phenoxy) is 2. The maximum absolute atomic E-state index is 13.3. The lowest BCUT2D eigenvalue weighted by molar-refractivity contribution is -0.182. The first kappa shape index (κ1) is 31.6. The van der Waals surface area contributed by atoms with Crippen molar-refractivity contribution >= 4 is 64.4 Å². The van der Waals surface area contributed by atoms with Crippen molar-refractivity contribution in [2.75, 3.05) is 18.1 Å². The van der Waals surface area contributed by atoms with E-state index in [2.05, 4.69) is 15.5 Å². The van der Waals surface area contributed by atoms with Gasteiger partial charge in [0.2, 0.25) is 6.29 Å². The number of thioether (sulfide) groups is 2. The number of esters is 2. The highest BCUT2D eigenvalue weighted by Gasteiger charge is 2.55. The van der Waals surface area contributed by atoms with Crippen LogP contribution in [0.3, 0.4) is 0 Å². The predicted octanol–water partition coefficient (Wildman–Crippen LogP) is 1.31. The molecule has 2 aliphatic heterocycles. The average molecular weight is 636 g/mol. The van der Waals surface area contributed by atoms with Crippen LogP contribution < -0.4 is 11.1 Å². The highest BCUT2D eigenvalue weighted by atomic mass is 32.2. The zero-order valence-electron chi connectivity index (χ0n) is 22.9. The number of carbonyl (C=O) groups excluding carboxylic acids is 5. The Kier molecular flexibility index (Phi) is 10.4. The first-order chi connectivity index (χ1) is 20.0. The fourth-order valence-electron chi connectivity index (χ4n) is 4.36. The van der Waals surface area contributed by atoms with Crippen LogP contribution >= 0.6 is 34.9 Å². The summed E-state index contributed by atoms with van der Waals surface area (Å²) in [6.07, 6.45) is -2.87. The van der Waals surface area contributed by atoms with Crippen LogP contribution in [0, 0.1) is 6.92 Å². The summed E-state index contributed by atoms with van der Waals surface area (Å²) in [5, 5.41) is 21.6. The van der Waals surface area contributed by atoms with Gasteiger partial charge in [-0.2, -0.15) is 0 Å². The summed E-state index contributed by atoms with van der Waals surface area (Å²) in [4.78, 5) is 64.7. The van der Waals surface area contributed by atoms with Gasteiger partial charge in [-0.3, -0.25) is 24.1 Å². The number of aliphatic hydroxyl groups excluding tert-OH is 1. The van der Waals surface area contributed by atoms with E-state index in [-0.39, 0.29) is 35.6 Å². The first-order valence-corrected chi connectivity index (χ1v) is 15.6. The molecular formula is C26H29N5O8S3. The molecule has 3 unspecified atom stereocenters. The summed E-state index contributed by atoms with van der Waals surface area (Å²) in [5.74, 6) is -2.63. The molecule has 0 saturated carbocycles. The van der Waals surface area contributed by atoms with Crippen LogP contribution in [0.4, 0.5) is 0 Å². The number of rotatable bonds is 12. The lowest BCUT2D eigenvalue weighted by Gasteiger charge is -2.50. The lowest BCUT2D eigenvalue weighted by atomic mass is 9.96. The third-order valence-electron chi connectivity index (χ3n) is 6.20. The van der Waals surface area contributed by atoms with Crippen molar-refractivity contribution in [3.63, 3.8) is 0 Å². The molecule has 2 aliphatic rings. The molecule has 3 heterocycles. The topological polar surface area (TPSA) is 191 Å².